The van der Waals surface area contributed by atoms with Crippen LogP contribution in [0.25, 0.3) is 11.9 Å². The number of rotatable bonds is 4. The first-order valence-corrected chi connectivity index (χ1v) is 5.88. The number of halogens is 1. The van der Waals surface area contributed by atoms with Gasteiger partial charge in [0.05, 0.1) is 14.2 Å². The van der Waals surface area contributed by atoms with E-state index in [1.54, 1.807) is 50.6 Å². The molecule has 2 aromatic rings. The highest BCUT2D eigenvalue weighted by Gasteiger charge is 2.01. The van der Waals surface area contributed by atoms with Gasteiger partial charge in [0, 0.05) is 5.56 Å². The van der Waals surface area contributed by atoms with Crippen LogP contribution in [0.15, 0.2) is 48.5 Å². The minimum atomic E-state index is -0.284. The average Bonchev–Trinajstić information content (AvgIpc) is 2.48. The third-order valence-corrected chi connectivity index (χ3v) is 2.77. The molecule has 2 nitrogen and oxygen atoms in total. The van der Waals surface area contributed by atoms with Gasteiger partial charge in [-0.15, -0.1) is 0 Å². The van der Waals surface area contributed by atoms with Crippen molar-refractivity contribution in [2.75, 3.05) is 14.2 Å². The zero-order valence-electron chi connectivity index (χ0n) is 10.9. The van der Waals surface area contributed by atoms with Crippen LogP contribution in [-0.2, 0) is 0 Å². The molecule has 0 spiro atoms. The summed E-state index contributed by atoms with van der Waals surface area (Å²) in [5, 5.41) is 0. The molecule has 0 aliphatic rings. The molecular weight excluding hydrogens is 243 g/mol. The fourth-order valence-corrected chi connectivity index (χ4v) is 1.68. The lowest BCUT2D eigenvalue weighted by Gasteiger charge is -2.02. The van der Waals surface area contributed by atoms with Gasteiger partial charge < -0.3 is 9.47 Å². The Morgan fingerprint density at radius 3 is 1.79 bits per heavy atom. The van der Waals surface area contributed by atoms with E-state index in [0.717, 1.165) is 11.3 Å². The lowest BCUT2D eigenvalue weighted by molar-refractivity contribution is 0.414. The van der Waals surface area contributed by atoms with Crippen molar-refractivity contribution >= 4 is 11.9 Å². The van der Waals surface area contributed by atoms with Gasteiger partial charge in [-0.3, -0.25) is 0 Å². The number of ether oxygens (including phenoxy) is 2. The van der Waals surface area contributed by atoms with E-state index in [4.69, 9.17) is 9.47 Å². The predicted octanol–water partition coefficient (Wildman–Crippen LogP) is 4.17. The zero-order valence-corrected chi connectivity index (χ0v) is 10.9. The minimum Gasteiger partial charge on any atom is -0.497 e. The Morgan fingerprint density at radius 2 is 1.32 bits per heavy atom. The van der Waals surface area contributed by atoms with Crippen LogP contribution in [0.2, 0.25) is 0 Å². The van der Waals surface area contributed by atoms with Gasteiger partial charge in [0.15, 0.2) is 0 Å². The summed E-state index contributed by atoms with van der Waals surface area (Å²) in [7, 11) is 3.18. The summed E-state index contributed by atoms with van der Waals surface area (Å²) in [6.07, 6.45) is 1.49. The van der Waals surface area contributed by atoms with Crippen molar-refractivity contribution in [1.29, 1.82) is 0 Å². The molecule has 3 heteroatoms. The molecule has 98 valence electrons. The smallest absolute Gasteiger partial charge is 0.131 e. The van der Waals surface area contributed by atoms with Crippen LogP contribution in [0, 0.1) is 0 Å². The standard InChI is InChI=1S/C16H15FO2/c1-18-14-7-3-12(4-8-14)11-16(17)13-5-9-15(19-2)10-6-13/h3-11H,1-2H3/b16-11-. The molecule has 2 aromatic carbocycles. The maximum atomic E-state index is 14.0. The molecule has 0 atom stereocenters. The van der Waals surface area contributed by atoms with Gasteiger partial charge in [-0.2, -0.15) is 0 Å². The van der Waals surface area contributed by atoms with E-state index in [2.05, 4.69) is 0 Å². The van der Waals surface area contributed by atoms with Crippen molar-refractivity contribution in [2.45, 2.75) is 0 Å². The van der Waals surface area contributed by atoms with Crippen molar-refractivity contribution in [1.82, 2.24) is 0 Å². The molecule has 0 fully saturated rings. The molecule has 0 bridgehead atoms. The second-order valence-corrected chi connectivity index (χ2v) is 3.99. The average molecular weight is 258 g/mol. The third kappa shape index (κ3) is 3.35. The number of benzene rings is 2. The highest BCUT2D eigenvalue weighted by molar-refractivity contribution is 5.77. The largest absolute Gasteiger partial charge is 0.497 e. The molecule has 19 heavy (non-hydrogen) atoms. The van der Waals surface area contributed by atoms with E-state index < -0.39 is 0 Å². The normalized spacial score (nSPS) is 11.2. The third-order valence-electron chi connectivity index (χ3n) is 2.77. The summed E-state index contributed by atoms with van der Waals surface area (Å²) in [5.74, 6) is 1.18. The summed E-state index contributed by atoms with van der Waals surface area (Å²) in [6.45, 7) is 0. The molecule has 0 amide bonds. The predicted molar refractivity (Wildman–Crippen MR) is 75.0 cm³/mol. The lowest BCUT2D eigenvalue weighted by Crippen LogP contribution is -1.84. The van der Waals surface area contributed by atoms with Crippen LogP contribution in [-0.4, -0.2) is 14.2 Å². The summed E-state index contributed by atoms with van der Waals surface area (Å²) in [6, 6.07) is 14.1. The molecular formula is C16H15FO2. The first-order valence-electron chi connectivity index (χ1n) is 5.88. The number of hydrogen-bond acceptors (Lipinski definition) is 2. The van der Waals surface area contributed by atoms with Gasteiger partial charge >= 0.3 is 0 Å². The lowest BCUT2D eigenvalue weighted by atomic mass is 10.1. The van der Waals surface area contributed by atoms with Crippen molar-refractivity contribution < 1.29 is 13.9 Å². The van der Waals surface area contributed by atoms with Crippen LogP contribution >= 0.6 is 0 Å². The second-order valence-electron chi connectivity index (χ2n) is 3.99. The topological polar surface area (TPSA) is 18.5 Å². The van der Waals surface area contributed by atoms with Crippen LogP contribution in [0.5, 0.6) is 11.5 Å². The van der Waals surface area contributed by atoms with E-state index in [-0.39, 0.29) is 5.83 Å². The summed E-state index contributed by atoms with van der Waals surface area (Å²) in [5.41, 5.74) is 1.31. The molecule has 0 aliphatic heterocycles. The molecule has 0 N–H and O–H groups in total. The summed E-state index contributed by atoms with van der Waals surface area (Å²) in [4.78, 5) is 0. The molecule has 0 unspecified atom stereocenters. The molecule has 2 rings (SSSR count). The van der Waals surface area contributed by atoms with Crippen molar-refractivity contribution in [3.63, 3.8) is 0 Å². The van der Waals surface area contributed by atoms with Gasteiger partial charge in [0.1, 0.15) is 17.3 Å². The fourth-order valence-electron chi connectivity index (χ4n) is 1.68. The van der Waals surface area contributed by atoms with Crippen LogP contribution in [0.3, 0.4) is 0 Å². The van der Waals surface area contributed by atoms with E-state index in [1.807, 2.05) is 12.1 Å². The summed E-state index contributed by atoms with van der Waals surface area (Å²) < 4.78 is 24.1. The fraction of sp³-hybridized carbons (Fsp3) is 0.125. The Labute approximate surface area is 112 Å². The quantitative estimate of drug-likeness (QED) is 0.766. The monoisotopic (exact) mass is 258 g/mol. The van der Waals surface area contributed by atoms with Gasteiger partial charge in [0.25, 0.3) is 0 Å². The molecule has 0 aliphatic carbocycles. The zero-order chi connectivity index (χ0) is 13.7. The Morgan fingerprint density at radius 1 is 0.842 bits per heavy atom. The van der Waals surface area contributed by atoms with Gasteiger partial charge in [0.2, 0.25) is 0 Å². The van der Waals surface area contributed by atoms with Crippen LogP contribution in [0.4, 0.5) is 4.39 Å². The Hall–Kier alpha value is -2.29. The minimum absolute atomic E-state index is 0.284. The number of hydrogen-bond donors (Lipinski definition) is 0. The van der Waals surface area contributed by atoms with Crippen molar-refractivity contribution in [3.05, 3.63) is 59.7 Å². The van der Waals surface area contributed by atoms with Gasteiger partial charge in [-0.05, 0) is 48.0 Å². The van der Waals surface area contributed by atoms with E-state index >= 15 is 0 Å². The number of methoxy groups -OCH3 is 2. The highest BCUT2D eigenvalue weighted by Crippen LogP contribution is 2.23. The second kappa shape index (κ2) is 6.05. The van der Waals surface area contributed by atoms with Gasteiger partial charge in [-0.1, -0.05) is 12.1 Å². The van der Waals surface area contributed by atoms with E-state index in [1.165, 1.54) is 6.08 Å². The molecule has 0 aromatic heterocycles. The van der Waals surface area contributed by atoms with E-state index in [0.29, 0.717) is 11.3 Å². The summed E-state index contributed by atoms with van der Waals surface area (Å²) >= 11 is 0. The SMILES string of the molecule is COc1ccc(/C=C(\F)c2ccc(OC)cc2)cc1. The van der Waals surface area contributed by atoms with Crippen LogP contribution in [0.1, 0.15) is 11.1 Å². The maximum absolute atomic E-state index is 14.0. The van der Waals surface area contributed by atoms with Crippen molar-refractivity contribution in [2.24, 2.45) is 0 Å². The molecule has 0 saturated carbocycles. The highest BCUT2D eigenvalue weighted by atomic mass is 19.1. The Bertz CT molecular complexity index is 556. The first kappa shape index (κ1) is 13.1. The van der Waals surface area contributed by atoms with Gasteiger partial charge in [-0.25, -0.2) is 4.39 Å². The van der Waals surface area contributed by atoms with Crippen molar-refractivity contribution in [3.8, 4) is 11.5 Å². The first-order chi connectivity index (χ1) is 9.22. The Kier molecular flexibility index (Phi) is 4.18. The Balaban J connectivity index is 2.20. The van der Waals surface area contributed by atoms with Crippen LogP contribution < -0.4 is 9.47 Å². The molecule has 0 saturated heterocycles. The van der Waals surface area contributed by atoms with E-state index in [9.17, 15) is 4.39 Å². The molecule has 0 radical (unpaired) electrons. The molecule has 0 heterocycles. The maximum Gasteiger partial charge on any atom is 0.131 e.